The number of carbonyl (C=O) groups is 1. The Bertz CT molecular complexity index is 240. The van der Waals surface area contributed by atoms with Gasteiger partial charge in [-0.15, -0.1) is 0 Å². The average molecular weight is 348 g/mol. The molecule has 0 heterocycles. The van der Waals surface area contributed by atoms with E-state index in [1.807, 2.05) is 0 Å². The van der Waals surface area contributed by atoms with Gasteiger partial charge in [-0.25, -0.2) is 0 Å². The van der Waals surface area contributed by atoms with Crippen LogP contribution in [0.2, 0.25) is 0 Å². The van der Waals surface area contributed by atoms with Crippen molar-refractivity contribution in [3.63, 3.8) is 0 Å². The minimum absolute atomic E-state index is 0. The molecular weight excluding hydrogens is 311 g/mol. The van der Waals surface area contributed by atoms with E-state index >= 15 is 0 Å². The first-order valence-corrected chi connectivity index (χ1v) is 9.06. The summed E-state index contributed by atoms with van der Waals surface area (Å²) in [5.41, 5.74) is 0. The monoisotopic (exact) mass is 347 g/mol. The molecule has 0 saturated carbocycles. The molecule has 0 aliphatic rings. The van der Waals surface area contributed by atoms with Gasteiger partial charge in [0, 0.05) is 63.0 Å². The maximum absolute atomic E-state index is 10.3. The Hall–Kier alpha value is 1.29. The van der Waals surface area contributed by atoms with E-state index in [1.54, 1.807) is 0 Å². The minimum Gasteiger partial charge on any atom is -0.481 e. The second-order valence-corrected chi connectivity index (χ2v) is 6.26. The molecule has 2 N–H and O–H groups in total. The minimum atomic E-state index is -0.678. The molecule has 0 bridgehead atoms. The number of aliphatic hydroxyl groups is 1. The Morgan fingerprint density at radius 1 is 0.783 bits per heavy atom. The zero-order valence-electron chi connectivity index (χ0n) is 15.7. The van der Waals surface area contributed by atoms with Crippen LogP contribution >= 0.6 is 0 Å². The van der Waals surface area contributed by atoms with Crippen LogP contribution in [0.15, 0.2) is 0 Å². The van der Waals surface area contributed by atoms with Crippen molar-refractivity contribution in [2.45, 2.75) is 109 Å². The van der Waals surface area contributed by atoms with Crippen LogP contribution in [0.1, 0.15) is 103 Å². The van der Waals surface area contributed by atoms with Gasteiger partial charge in [0.2, 0.25) is 0 Å². The number of rotatable bonds is 16. The fourth-order valence-electron chi connectivity index (χ4n) is 2.67. The number of carboxylic acids is 1. The second kappa shape index (κ2) is 23.3. The summed E-state index contributed by atoms with van der Waals surface area (Å²) in [5.74, 6) is -0.678. The maximum atomic E-state index is 10.3. The molecule has 1 unspecified atom stereocenters. The predicted octanol–water partition coefficient (Wildman–Crippen LogP) is 4.54. The van der Waals surface area contributed by atoms with Gasteiger partial charge in [-0.2, -0.15) is 0 Å². The molecular formula is C18H36CaLiO3. The Labute approximate surface area is 185 Å². The van der Waals surface area contributed by atoms with E-state index in [0.29, 0.717) is 6.42 Å². The summed E-state index contributed by atoms with van der Waals surface area (Å²) in [4.78, 5) is 10.3. The number of hydrogen-bond acceptors (Lipinski definition) is 2. The van der Waals surface area contributed by atoms with Crippen LogP contribution in [0.4, 0.5) is 0 Å². The van der Waals surface area contributed by atoms with Gasteiger partial charge in [0.1, 0.15) is 0 Å². The molecule has 0 aliphatic heterocycles. The van der Waals surface area contributed by atoms with E-state index in [-0.39, 0.29) is 62.7 Å². The summed E-state index contributed by atoms with van der Waals surface area (Å²) in [5, 5.41) is 18.4. The summed E-state index contributed by atoms with van der Waals surface area (Å²) >= 11 is 0. The van der Waals surface area contributed by atoms with Gasteiger partial charge in [0.25, 0.3) is 0 Å². The normalized spacial score (nSPS) is 11.4. The first kappa shape index (κ1) is 29.1. The van der Waals surface area contributed by atoms with Crippen LogP contribution in [-0.4, -0.2) is 78.9 Å². The Morgan fingerprint density at radius 2 is 1.17 bits per heavy atom. The smallest absolute Gasteiger partial charge is 0.303 e. The first-order valence-electron chi connectivity index (χ1n) is 9.06. The van der Waals surface area contributed by atoms with Crippen LogP contribution in [0.25, 0.3) is 0 Å². The van der Waals surface area contributed by atoms with Gasteiger partial charge in [-0.1, -0.05) is 77.6 Å². The van der Waals surface area contributed by atoms with Crippen LogP contribution in [0.5, 0.6) is 0 Å². The standard InChI is InChI=1S/C18H36O3.Ca.Li/c1-2-3-4-11-14-17(19)15-12-9-7-5-6-8-10-13-16-18(20)21;;/h17,19H,2-16H2,1H3,(H,20,21);;. The van der Waals surface area contributed by atoms with Crippen molar-refractivity contribution in [2.24, 2.45) is 0 Å². The number of aliphatic carboxylic acids is 1. The number of carboxylic acid groups (broad SMARTS) is 1. The molecule has 0 aromatic rings. The molecule has 23 heavy (non-hydrogen) atoms. The van der Waals surface area contributed by atoms with Crippen molar-refractivity contribution in [2.75, 3.05) is 0 Å². The van der Waals surface area contributed by atoms with Gasteiger partial charge in [0.15, 0.2) is 0 Å². The molecule has 0 fully saturated rings. The fourth-order valence-corrected chi connectivity index (χ4v) is 2.67. The largest absolute Gasteiger partial charge is 0.481 e. The van der Waals surface area contributed by atoms with E-state index < -0.39 is 5.97 Å². The number of hydrogen-bond donors (Lipinski definition) is 2. The molecule has 0 aliphatic carbocycles. The molecule has 3 nitrogen and oxygen atoms in total. The molecule has 0 aromatic carbocycles. The molecule has 0 spiro atoms. The molecule has 0 aromatic heterocycles. The van der Waals surface area contributed by atoms with Gasteiger partial charge in [-0.3, -0.25) is 4.79 Å². The molecule has 129 valence electrons. The summed E-state index contributed by atoms with van der Waals surface area (Å²) < 4.78 is 0. The second-order valence-electron chi connectivity index (χ2n) is 6.26. The summed E-state index contributed by atoms with van der Waals surface area (Å²) in [6.45, 7) is 2.21. The summed E-state index contributed by atoms with van der Waals surface area (Å²) in [7, 11) is 0. The van der Waals surface area contributed by atoms with Crippen molar-refractivity contribution >= 4 is 62.6 Å². The molecule has 0 saturated heterocycles. The van der Waals surface area contributed by atoms with Crippen molar-refractivity contribution in [3.05, 3.63) is 0 Å². The maximum Gasteiger partial charge on any atom is 0.303 e. The quantitative estimate of drug-likeness (QED) is 0.318. The van der Waals surface area contributed by atoms with Crippen molar-refractivity contribution in [1.29, 1.82) is 0 Å². The van der Waals surface area contributed by atoms with E-state index in [1.165, 1.54) is 51.4 Å². The van der Waals surface area contributed by atoms with Crippen molar-refractivity contribution < 1.29 is 15.0 Å². The topological polar surface area (TPSA) is 57.5 Å². The van der Waals surface area contributed by atoms with E-state index in [0.717, 1.165) is 38.5 Å². The Kier molecular flexibility index (Phi) is 29.4. The zero-order valence-corrected chi connectivity index (χ0v) is 17.9. The van der Waals surface area contributed by atoms with E-state index in [4.69, 9.17) is 5.11 Å². The van der Waals surface area contributed by atoms with Gasteiger partial charge in [-0.05, 0) is 19.3 Å². The first-order chi connectivity index (χ1) is 10.2. The SMILES string of the molecule is CCCCCCC(O)CCCCCCCCCCC(=O)O.[Ca].[Li]. The van der Waals surface area contributed by atoms with E-state index in [9.17, 15) is 9.90 Å². The Morgan fingerprint density at radius 3 is 1.61 bits per heavy atom. The average Bonchev–Trinajstić information content (AvgIpc) is 2.45. The summed E-state index contributed by atoms with van der Waals surface area (Å²) in [6.07, 6.45) is 16.3. The molecule has 3 radical (unpaired) electrons. The summed E-state index contributed by atoms with van der Waals surface area (Å²) in [6, 6.07) is 0. The van der Waals surface area contributed by atoms with Crippen molar-refractivity contribution in [3.8, 4) is 0 Å². The third-order valence-corrected chi connectivity index (χ3v) is 4.07. The van der Waals surface area contributed by atoms with Crippen LogP contribution in [0.3, 0.4) is 0 Å². The zero-order chi connectivity index (χ0) is 15.8. The molecule has 1 atom stereocenters. The van der Waals surface area contributed by atoms with Crippen molar-refractivity contribution in [1.82, 2.24) is 0 Å². The number of aliphatic hydroxyl groups excluding tert-OH is 1. The van der Waals surface area contributed by atoms with Crippen LogP contribution < -0.4 is 0 Å². The Balaban J connectivity index is -0.00000200. The van der Waals surface area contributed by atoms with Gasteiger partial charge in [0.05, 0.1) is 6.10 Å². The molecule has 0 amide bonds. The predicted molar refractivity (Wildman–Crippen MR) is 100 cm³/mol. The fraction of sp³-hybridized carbons (Fsp3) is 0.944. The van der Waals surface area contributed by atoms with Crippen LogP contribution in [-0.2, 0) is 4.79 Å². The van der Waals surface area contributed by atoms with Crippen LogP contribution in [0, 0.1) is 0 Å². The molecule has 5 heteroatoms. The van der Waals surface area contributed by atoms with Gasteiger partial charge >= 0.3 is 5.97 Å². The third-order valence-electron chi connectivity index (χ3n) is 4.07. The van der Waals surface area contributed by atoms with Gasteiger partial charge < -0.3 is 10.2 Å². The third kappa shape index (κ3) is 25.6. The van der Waals surface area contributed by atoms with E-state index in [2.05, 4.69) is 6.92 Å². The number of unbranched alkanes of at least 4 members (excludes halogenated alkanes) is 10. The molecule has 0 rings (SSSR count).